The molecule has 1 aromatic carbocycles. The van der Waals surface area contributed by atoms with Crippen LogP contribution in [-0.2, 0) is 0 Å². The highest BCUT2D eigenvalue weighted by atomic mass is 19.1. The molecular formula is C16H25FN2. The molecule has 2 nitrogen and oxygen atoms in total. The van der Waals surface area contributed by atoms with Gasteiger partial charge < -0.3 is 10.2 Å². The fourth-order valence-electron chi connectivity index (χ4n) is 2.81. The summed E-state index contributed by atoms with van der Waals surface area (Å²) in [6, 6.07) is 5.46. The van der Waals surface area contributed by atoms with Gasteiger partial charge >= 0.3 is 0 Å². The maximum atomic E-state index is 13.3. The number of hydrogen-bond donors (Lipinski definition) is 1. The first-order valence-corrected chi connectivity index (χ1v) is 7.44. The molecule has 1 heterocycles. The summed E-state index contributed by atoms with van der Waals surface area (Å²) in [6.45, 7) is 7.82. The van der Waals surface area contributed by atoms with Gasteiger partial charge in [-0.25, -0.2) is 4.39 Å². The Labute approximate surface area is 116 Å². The van der Waals surface area contributed by atoms with E-state index in [1.165, 1.54) is 38.4 Å². The minimum absolute atomic E-state index is 0.158. The molecule has 2 rings (SSSR count). The van der Waals surface area contributed by atoms with E-state index in [2.05, 4.69) is 17.1 Å². The van der Waals surface area contributed by atoms with Crippen molar-refractivity contribution in [1.29, 1.82) is 0 Å². The number of nitrogens with one attached hydrogen (secondary N) is 1. The molecule has 1 unspecified atom stereocenters. The van der Waals surface area contributed by atoms with E-state index in [9.17, 15) is 4.39 Å². The maximum absolute atomic E-state index is 13.3. The third kappa shape index (κ3) is 4.20. The normalized spacial score (nSPS) is 21.1. The van der Waals surface area contributed by atoms with Crippen molar-refractivity contribution in [2.24, 2.45) is 0 Å². The Morgan fingerprint density at radius 2 is 2.16 bits per heavy atom. The molecule has 19 heavy (non-hydrogen) atoms. The molecule has 0 spiro atoms. The highest BCUT2D eigenvalue weighted by Crippen LogP contribution is 2.21. The van der Waals surface area contributed by atoms with E-state index in [0.717, 1.165) is 24.2 Å². The first-order valence-electron chi connectivity index (χ1n) is 7.44. The Morgan fingerprint density at radius 3 is 2.95 bits per heavy atom. The summed E-state index contributed by atoms with van der Waals surface area (Å²) in [7, 11) is 0. The van der Waals surface area contributed by atoms with Gasteiger partial charge in [0.15, 0.2) is 0 Å². The molecule has 1 aromatic rings. The first-order chi connectivity index (χ1) is 9.19. The van der Waals surface area contributed by atoms with Crippen molar-refractivity contribution in [2.75, 3.05) is 25.0 Å². The molecular weight excluding hydrogens is 239 g/mol. The largest absolute Gasteiger partial charge is 0.382 e. The van der Waals surface area contributed by atoms with E-state index in [1.807, 2.05) is 13.0 Å². The zero-order chi connectivity index (χ0) is 13.7. The van der Waals surface area contributed by atoms with Gasteiger partial charge in [0.25, 0.3) is 0 Å². The topological polar surface area (TPSA) is 15.3 Å². The van der Waals surface area contributed by atoms with Gasteiger partial charge in [-0.3, -0.25) is 0 Å². The fourth-order valence-corrected chi connectivity index (χ4v) is 2.81. The maximum Gasteiger partial charge on any atom is 0.125 e. The van der Waals surface area contributed by atoms with Crippen molar-refractivity contribution in [3.8, 4) is 0 Å². The van der Waals surface area contributed by atoms with Crippen LogP contribution in [-0.4, -0.2) is 30.6 Å². The molecule has 0 bridgehead atoms. The van der Waals surface area contributed by atoms with Crippen molar-refractivity contribution < 1.29 is 4.39 Å². The van der Waals surface area contributed by atoms with Crippen LogP contribution in [0.4, 0.5) is 10.1 Å². The monoisotopic (exact) mass is 264 g/mol. The van der Waals surface area contributed by atoms with Crippen LogP contribution in [0.5, 0.6) is 0 Å². The van der Waals surface area contributed by atoms with Crippen molar-refractivity contribution >= 4 is 5.69 Å². The fraction of sp³-hybridized carbons (Fsp3) is 0.625. The average molecular weight is 264 g/mol. The van der Waals surface area contributed by atoms with Crippen LogP contribution < -0.4 is 5.32 Å². The van der Waals surface area contributed by atoms with E-state index in [0.29, 0.717) is 6.04 Å². The second kappa shape index (κ2) is 6.90. The quantitative estimate of drug-likeness (QED) is 0.889. The van der Waals surface area contributed by atoms with E-state index >= 15 is 0 Å². The Kier molecular flexibility index (Phi) is 5.20. The number of aryl methyl sites for hydroxylation is 1. The molecule has 3 heteroatoms. The number of nitrogens with zero attached hydrogens (tertiary/aromatic N) is 1. The van der Waals surface area contributed by atoms with Gasteiger partial charge in [-0.1, -0.05) is 13.0 Å². The van der Waals surface area contributed by atoms with E-state index in [1.54, 1.807) is 6.07 Å². The molecule has 1 atom stereocenters. The number of benzene rings is 1. The lowest BCUT2D eigenvalue weighted by Gasteiger charge is -2.21. The Bertz CT molecular complexity index is 406. The third-order valence-corrected chi connectivity index (χ3v) is 3.92. The zero-order valence-corrected chi connectivity index (χ0v) is 12.1. The van der Waals surface area contributed by atoms with Crippen LogP contribution in [0.1, 0.15) is 38.2 Å². The summed E-state index contributed by atoms with van der Waals surface area (Å²) in [5, 5.41) is 3.53. The molecule has 1 N–H and O–H groups in total. The lowest BCUT2D eigenvalue weighted by molar-refractivity contribution is 0.285. The van der Waals surface area contributed by atoms with Gasteiger partial charge in [-0.15, -0.1) is 0 Å². The van der Waals surface area contributed by atoms with Crippen molar-refractivity contribution in [1.82, 2.24) is 4.90 Å². The molecule has 0 aliphatic carbocycles. The van der Waals surface area contributed by atoms with Crippen LogP contribution in [0.25, 0.3) is 0 Å². The second-order valence-corrected chi connectivity index (χ2v) is 5.57. The lowest BCUT2D eigenvalue weighted by atomic mass is 10.1. The summed E-state index contributed by atoms with van der Waals surface area (Å²) >= 11 is 0. The van der Waals surface area contributed by atoms with Gasteiger partial charge in [0.1, 0.15) is 5.82 Å². The highest BCUT2D eigenvalue weighted by molar-refractivity contribution is 5.51. The van der Waals surface area contributed by atoms with Gasteiger partial charge in [0, 0.05) is 18.3 Å². The van der Waals surface area contributed by atoms with Crippen LogP contribution in [0, 0.1) is 12.7 Å². The molecule has 0 aromatic heterocycles. The van der Waals surface area contributed by atoms with Gasteiger partial charge in [-0.2, -0.15) is 0 Å². The number of likely N-dealkylation sites (tertiary alicyclic amines) is 1. The predicted molar refractivity (Wildman–Crippen MR) is 79.1 cm³/mol. The van der Waals surface area contributed by atoms with E-state index < -0.39 is 0 Å². The number of halogens is 1. The van der Waals surface area contributed by atoms with E-state index in [-0.39, 0.29) is 5.82 Å². The Morgan fingerprint density at radius 1 is 1.32 bits per heavy atom. The Balaban J connectivity index is 1.94. The summed E-state index contributed by atoms with van der Waals surface area (Å²) in [5.41, 5.74) is 2.07. The van der Waals surface area contributed by atoms with Gasteiger partial charge in [-0.05, 0) is 63.4 Å². The molecule has 0 saturated carbocycles. The molecule has 1 aliphatic heterocycles. The minimum Gasteiger partial charge on any atom is -0.382 e. The van der Waals surface area contributed by atoms with Crippen molar-refractivity contribution in [2.45, 2.75) is 45.6 Å². The lowest BCUT2D eigenvalue weighted by Crippen LogP contribution is -2.27. The average Bonchev–Trinajstić information content (AvgIpc) is 2.60. The van der Waals surface area contributed by atoms with Crippen molar-refractivity contribution in [3.05, 3.63) is 29.6 Å². The van der Waals surface area contributed by atoms with Crippen molar-refractivity contribution in [3.63, 3.8) is 0 Å². The smallest absolute Gasteiger partial charge is 0.125 e. The summed E-state index contributed by atoms with van der Waals surface area (Å²) in [6.07, 6.45) is 4.78. The van der Waals surface area contributed by atoms with Crippen LogP contribution in [0.15, 0.2) is 18.2 Å². The molecule has 1 aliphatic rings. The molecule has 1 fully saturated rings. The minimum atomic E-state index is -0.158. The number of rotatable bonds is 4. The third-order valence-electron chi connectivity index (χ3n) is 3.92. The van der Waals surface area contributed by atoms with Gasteiger partial charge in [0.05, 0.1) is 0 Å². The first kappa shape index (κ1) is 14.3. The predicted octanol–water partition coefficient (Wildman–Crippen LogP) is 3.81. The summed E-state index contributed by atoms with van der Waals surface area (Å²) in [4.78, 5) is 2.54. The SMILES string of the molecule is CCCN1CCCC(Nc2cc(F)ccc2C)CC1. The standard InChI is InChI=1S/C16H25FN2/c1-3-9-19-10-4-5-15(8-11-19)18-16-12-14(17)7-6-13(16)2/h6-7,12,15,18H,3-5,8-11H2,1-2H3. The highest BCUT2D eigenvalue weighted by Gasteiger charge is 2.16. The van der Waals surface area contributed by atoms with Crippen LogP contribution >= 0.6 is 0 Å². The number of anilines is 1. The molecule has 1 saturated heterocycles. The second-order valence-electron chi connectivity index (χ2n) is 5.57. The molecule has 106 valence electrons. The molecule has 0 amide bonds. The van der Waals surface area contributed by atoms with E-state index in [4.69, 9.17) is 0 Å². The summed E-state index contributed by atoms with van der Waals surface area (Å²) < 4.78 is 13.3. The number of hydrogen-bond acceptors (Lipinski definition) is 2. The van der Waals surface area contributed by atoms with Crippen LogP contribution in [0.3, 0.4) is 0 Å². The van der Waals surface area contributed by atoms with Gasteiger partial charge in [0.2, 0.25) is 0 Å². The molecule has 0 radical (unpaired) electrons. The Hall–Kier alpha value is -1.09. The summed E-state index contributed by atoms with van der Waals surface area (Å²) in [5.74, 6) is -0.158. The zero-order valence-electron chi connectivity index (χ0n) is 12.1. The van der Waals surface area contributed by atoms with Crippen LogP contribution in [0.2, 0.25) is 0 Å².